The quantitative estimate of drug-likeness (QED) is 0.473. The number of anilines is 1. The summed E-state index contributed by atoms with van der Waals surface area (Å²) in [4.78, 5) is 45.1. The average Bonchev–Trinajstić information content (AvgIpc) is 3.65. The summed E-state index contributed by atoms with van der Waals surface area (Å²) in [6, 6.07) is 9.79. The predicted octanol–water partition coefficient (Wildman–Crippen LogP) is 3.46. The second kappa shape index (κ2) is 9.39. The van der Waals surface area contributed by atoms with Crippen LogP contribution in [0.2, 0.25) is 5.02 Å². The number of carbonyl (C=O) groups is 2. The lowest BCUT2D eigenvalue weighted by molar-refractivity contribution is -0.131. The van der Waals surface area contributed by atoms with E-state index < -0.39 is 11.4 Å². The van der Waals surface area contributed by atoms with E-state index in [1.165, 1.54) is 6.07 Å². The molecular weight excluding hydrogens is 509 g/mol. The Bertz CT molecular complexity index is 1520. The smallest absolute Gasteiger partial charge is 0.270 e. The molecule has 1 aromatic heterocycles. The highest BCUT2D eigenvalue weighted by molar-refractivity contribution is 6.30. The van der Waals surface area contributed by atoms with Gasteiger partial charge in [0.15, 0.2) is 0 Å². The maximum Gasteiger partial charge on any atom is 0.270 e. The molecule has 3 aliphatic rings. The third-order valence-electron chi connectivity index (χ3n) is 8.07. The topological polar surface area (TPSA) is 97.5 Å². The number of nitrogens with zero attached hydrogens (tertiary/aromatic N) is 2. The van der Waals surface area contributed by atoms with Crippen LogP contribution in [0.1, 0.15) is 47.4 Å². The molecule has 1 saturated carbocycles. The molecule has 198 valence electrons. The van der Waals surface area contributed by atoms with Crippen molar-refractivity contribution in [1.29, 1.82) is 0 Å². The summed E-state index contributed by atoms with van der Waals surface area (Å²) in [7, 11) is 0. The van der Waals surface area contributed by atoms with Crippen LogP contribution in [-0.4, -0.2) is 64.9 Å². The van der Waals surface area contributed by atoms with Gasteiger partial charge in [-0.2, -0.15) is 0 Å². The maximum atomic E-state index is 14.9. The predicted molar refractivity (Wildman–Crippen MR) is 144 cm³/mol. The molecule has 10 heteroatoms. The van der Waals surface area contributed by atoms with Crippen LogP contribution in [0, 0.1) is 5.82 Å². The number of piperazine rings is 1. The molecule has 2 fully saturated rings. The number of hydrogen-bond acceptors (Lipinski definition) is 5. The van der Waals surface area contributed by atoms with Gasteiger partial charge >= 0.3 is 0 Å². The van der Waals surface area contributed by atoms with E-state index in [1.807, 2.05) is 25.1 Å². The van der Waals surface area contributed by atoms with Gasteiger partial charge in [0.2, 0.25) is 5.91 Å². The summed E-state index contributed by atoms with van der Waals surface area (Å²) in [6.07, 6.45) is 2.77. The van der Waals surface area contributed by atoms with Crippen LogP contribution in [-0.2, 0) is 11.2 Å². The third kappa shape index (κ3) is 4.54. The van der Waals surface area contributed by atoms with Gasteiger partial charge in [0.05, 0.1) is 23.7 Å². The van der Waals surface area contributed by atoms with Crippen molar-refractivity contribution in [2.75, 3.05) is 38.0 Å². The van der Waals surface area contributed by atoms with Gasteiger partial charge in [-0.3, -0.25) is 14.4 Å². The van der Waals surface area contributed by atoms with E-state index in [1.54, 1.807) is 15.9 Å². The monoisotopic (exact) mass is 537 g/mol. The number of nitrogens with one attached hydrogen (secondary N) is 3. The first kappa shape index (κ1) is 24.9. The Morgan fingerprint density at radius 1 is 1.18 bits per heavy atom. The number of amides is 2. The fourth-order valence-electron chi connectivity index (χ4n) is 5.74. The maximum absolute atomic E-state index is 14.9. The van der Waals surface area contributed by atoms with Crippen LogP contribution >= 0.6 is 11.6 Å². The number of aromatic amines is 1. The summed E-state index contributed by atoms with van der Waals surface area (Å²) < 4.78 is 14.9. The zero-order valence-electron chi connectivity index (χ0n) is 21.1. The van der Waals surface area contributed by atoms with Crippen molar-refractivity contribution in [3.8, 4) is 0 Å². The van der Waals surface area contributed by atoms with Gasteiger partial charge in [-0.25, -0.2) is 4.39 Å². The van der Waals surface area contributed by atoms with Crippen molar-refractivity contribution in [3.63, 3.8) is 0 Å². The first-order valence-corrected chi connectivity index (χ1v) is 13.3. The van der Waals surface area contributed by atoms with Gasteiger partial charge in [-0.1, -0.05) is 17.7 Å². The largest absolute Gasteiger partial charge is 0.374 e. The number of rotatable bonds is 4. The van der Waals surface area contributed by atoms with Gasteiger partial charge in [0, 0.05) is 36.7 Å². The lowest BCUT2D eigenvalue weighted by atomic mass is 9.93. The Labute approximate surface area is 224 Å². The summed E-state index contributed by atoms with van der Waals surface area (Å²) in [6.45, 7) is 4.29. The standard InChI is InChI=1S/C28H29ClFN5O3/c1-16-20-3-2-19(29)10-17(20)4-8-35(16)25(36)14-31-23-11-18-12-24(33-26(37)21(18)13-22(23)30)27(38)34-9-7-32-28(15-34)5-6-28/h2-3,10-13,16,31-32H,4-9,14-15H2,1H3,(H,33,37)/t16-/m0/s1. The normalized spacial score (nSPS) is 19.9. The van der Waals surface area contributed by atoms with Gasteiger partial charge in [0.25, 0.3) is 11.5 Å². The van der Waals surface area contributed by atoms with E-state index in [0.717, 1.165) is 30.0 Å². The summed E-state index contributed by atoms with van der Waals surface area (Å²) >= 11 is 6.12. The number of aromatic nitrogens is 1. The lowest BCUT2D eigenvalue weighted by Gasteiger charge is -2.35. The first-order valence-electron chi connectivity index (χ1n) is 13.0. The highest BCUT2D eigenvalue weighted by atomic mass is 35.5. The minimum atomic E-state index is -0.640. The Morgan fingerprint density at radius 3 is 2.79 bits per heavy atom. The van der Waals surface area contributed by atoms with Crippen LogP contribution in [0.4, 0.5) is 10.1 Å². The average molecular weight is 538 g/mol. The van der Waals surface area contributed by atoms with Crippen molar-refractivity contribution in [2.45, 2.75) is 37.8 Å². The second-order valence-electron chi connectivity index (χ2n) is 10.6. The minimum absolute atomic E-state index is 0.0127. The third-order valence-corrected chi connectivity index (χ3v) is 8.31. The molecule has 3 aromatic rings. The molecule has 3 heterocycles. The molecule has 0 bridgehead atoms. The van der Waals surface area contributed by atoms with E-state index in [9.17, 15) is 18.8 Å². The molecule has 38 heavy (non-hydrogen) atoms. The number of H-pyrrole nitrogens is 1. The summed E-state index contributed by atoms with van der Waals surface area (Å²) in [5.74, 6) is -1.04. The number of pyridine rings is 1. The summed E-state index contributed by atoms with van der Waals surface area (Å²) in [5.41, 5.74) is 1.95. The fraction of sp³-hybridized carbons (Fsp3) is 0.393. The van der Waals surface area contributed by atoms with Crippen molar-refractivity contribution >= 4 is 39.9 Å². The molecule has 1 spiro atoms. The zero-order chi connectivity index (χ0) is 26.6. The molecule has 6 rings (SSSR count). The number of halogens is 2. The highest BCUT2D eigenvalue weighted by Gasteiger charge is 2.46. The Morgan fingerprint density at radius 2 is 2.00 bits per heavy atom. The number of hydrogen-bond donors (Lipinski definition) is 3. The molecule has 1 saturated heterocycles. The number of carbonyl (C=O) groups excluding carboxylic acids is 2. The van der Waals surface area contributed by atoms with Crippen LogP contribution < -0.4 is 16.2 Å². The molecule has 0 unspecified atom stereocenters. The van der Waals surface area contributed by atoms with E-state index >= 15 is 0 Å². The van der Waals surface area contributed by atoms with Gasteiger partial charge in [-0.05, 0) is 73.0 Å². The van der Waals surface area contributed by atoms with Gasteiger partial charge < -0.3 is 25.4 Å². The number of fused-ring (bicyclic) bond motifs is 2. The van der Waals surface area contributed by atoms with Crippen LogP contribution in [0.5, 0.6) is 0 Å². The zero-order valence-corrected chi connectivity index (χ0v) is 21.8. The van der Waals surface area contributed by atoms with Crippen LogP contribution in [0.15, 0.2) is 41.2 Å². The molecule has 1 atom stereocenters. The Hall–Kier alpha value is -3.43. The minimum Gasteiger partial charge on any atom is -0.374 e. The molecule has 2 aliphatic heterocycles. The van der Waals surface area contributed by atoms with E-state index in [2.05, 4.69) is 15.6 Å². The Kier molecular flexibility index (Phi) is 6.15. The van der Waals surface area contributed by atoms with E-state index in [0.29, 0.717) is 43.0 Å². The molecule has 2 aromatic carbocycles. The highest BCUT2D eigenvalue weighted by Crippen LogP contribution is 2.38. The van der Waals surface area contributed by atoms with E-state index in [-0.39, 0.29) is 46.7 Å². The molecule has 1 aliphatic carbocycles. The van der Waals surface area contributed by atoms with Gasteiger partial charge in [-0.15, -0.1) is 0 Å². The van der Waals surface area contributed by atoms with Crippen molar-refractivity contribution in [1.82, 2.24) is 20.1 Å². The van der Waals surface area contributed by atoms with Crippen LogP contribution in [0.25, 0.3) is 10.8 Å². The van der Waals surface area contributed by atoms with Crippen molar-refractivity contribution in [3.05, 3.63) is 74.4 Å². The summed E-state index contributed by atoms with van der Waals surface area (Å²) in [5, 5.41) is 7.62. The molecule has 3 N–H and O–H groups in total. The molecular formula is C28H29ClFN5O3. The second-order valence-corrected chi connectivity index (χ2v) is 11.0. The van der Waals surface area contributed by atoms with Gasteiger partial charge in [0.1, 0.15) is 11.5 Å². The first-order chi connectivity index (χ1) is 18.2. The number of benzene rings is 2. The Balaban J connectivity index is 1.20. The molecule has 0 radical (unpaired) electrons. The lowest BCUT2D eigenvalue weighted by Crippen LogP contribution is -2.54. The SMILES string of the molecule is C[C@H]1c2ccc(Cl)cc2CCN1C(=O)CNc1cc2cc(C(=O)N3CCNC4(CC4)C3)[nH]c(=O)c2cc1F. The van der Waals surface area contributed by atoms with Crippen molar-refractivity contribution in [2.24, 2.45) is 0 Å². The van der Waals surface area contributed by atoms with Crippen LogP contribution in [0.3, 0.4) is 0 Å². The van der Waals surface area contributed by atoms with E-state index in [4.69, 9.17) is 11.6 Å². The van der Waals surface area contributed by atoms with Crippen molar-refractivity contribution < 1.29 is 14.0 Å². The molecule has 8 nitrogen and oxygen atoms in total. The molecule has 2 amide bonds. The fourth-order valence-corrected chi connectivity index (χ4v) is 5.93.